The number of piperazine rings is 1. The molecule has 1 unspecified atom stereocenters. The number of fused-ring (bicyclic) bond motifs is 1. The van der Waals surface area contributed by atoms with E-state index in [1.54, 1.807) is 4.90 Å². The predicted octanol–water partition coefficient (Wildman–Crippen LogP) is 3.04. The summed E-state index contributed by atoms with van der Waals surface area (Å²) in [4.78, 5) is 16.4. The van der Waals surface area contributed by atoms with Crippen LogP contribution in [0.5, 0.6) is 0 Å². The molecule has 2 saturated heterocycles. The number of hydrogen-bond acceptors (Lipinski definition) is 2. The fourth-order valence-corrected chi connectivity index (χ4v) is 3.65. The van der Waals surface area contributed by atoms with Gasteiger partial charge in [0.25, 0.3) is 5.91 Å². The van der Waals surface area contributed by atoms with Crippen molar-refractivity contribution in [3.63, 3.8) is 0 Å². The molecule has 0 radical (unpaired) electrons. The molecule has 0 N–H and O–H groups in total. The second-order valence-electron chi connectivity index (χ2n) is 5.68. The second-order valence-corrected chi connectivity index (χ2v) is 6.60. The summed E-state index contributed by atoms with van der Waals surface area (Å²) in [7, 11) is 0. The Morgan fingerprint density at radius 1 is 1.14 bits per heavy atom. The standard InChI is InChI=1S/C15H17BrF2N2O/c16-10-7-12(17)14(13(18)8-10)15(21)20-6-5-19-4-2-1-3-11(19)9-20/h7-8,11H,1-6,9H2. The van der Waals surface area contributed by atoms with Crippen molar-refractivity contribution in [3.05, 3.63) is 33.8 Å². The summed E-state index contributed by atoms with van der Waals surface area (Å²) in [5.41, 5.74) is -0.442. The fraction of sp³-hybridized carbons (Fsp3) is 0.533. The van der Waals surface area contributed by atoms with Gasteiger partial charge in [0.2, 0.25) is 0 Å². The van der Waals surface area contributed by atoms with Gasteiger partial charge in [-0.15, -0.1) is 0 Å². The lowest BCUT2D eigenvalue weighted by molar-refractivity contribution is 0.0365. The monoisotopic (exact) mass is 358 g/mol. The molecule has 1 amide bonds. The van der Waals surface area contributed by atoms with Crippen molar-refractivity contribution in [2.45, 2.75) is 25.3 Å². The molecule has 2 heterocycles. The van der Waals surface area contributed by atoms with Crippen molar-refractivity contribution in [1.29, 1.82) is 0 Å². The Kier molecular flexibility index (Phi) is 4.26. The molecule has 21 heavy (non-hydrogen) atoms. The van der Waals surface area contributed by atoms with E-state index >= 15 is 0 Å². The molecule has 2 aliphatic heterocycles. The second kappa shape index (κ2) is 6.01. The van der Waals surface area contributed by atoms with Crippen LogP contribution in [0, 0.1) is 11.6 Å². The van der Waals surface area contributed by atoms with Gasteiger partial charge in [-0.3, -0.25) is 9.69 Å². The molecule has 3 rings (SSSR count). The number of benzene rings is 1. The van der Waals surface area contributed by atoms with Gasteiger partial charge >= 0.3 is 0 Å². The number of piperidine rings is 1. The smallest absolute Gasteiger partial charge is 0.259 e. The molecule has 1 aromatic carbocycles. The quantitative estimate of drug-likeness (QED) is 0.770. The van der Waals surface area contributed by atoms with Crippen LogP contribution in [0.4, 0.5) is 8.78 Å². The van der Waals surface area contributed by atoms with Gasteiger partial charge in [0.1, 0.15) is 17.2 Å². The Morgan fingerprint density at radius 3 is 2.57 bits per heavy atom. The molecule has 0 spiro atoms. The van der Waals surface area contributed by atoms with E-state index in [1.807, 2.05) is 0 Å². The van der Waals surface area contributed by atoms with Crippen LogP contribution >= 0.6 is 15.9 Å². The van der Waals surface area contributed by atoms with Crippen LogP contribution in [-0.2, 0) is 0 Å². The lowest BCUT2D eigenvalue weighted by Gasteiger charge is -2.44. The minimum Gasteiger partial charge on any atom is -0.336 e. The van der Waals surface area contributed by atoms with Crippen LogP contribution in [0.2, 0.25) is 0 Å². The molecule has 6 heteroatoms. The van der Waals surface area contributed by atoms with Gasteiger partial charge in [-0.25, -0.2) is 8.78 Å². The summed E-state index contributed by atoms with van der Waals surface area (Å²) in [6.45, 7) is 2.95. The van der Waals surface area contributed by atoms with E-state index < -0.39 is 23.1 Å². The zero-order valence-electron chi connectivity index (χ0n) is 11.6. The summed E-state index contributed by atoms with van der Waals surface area (Å²) in [6.07, 6.45) is 3.40. The van der Waals surface area contributed by atoms with Crippen LogP contribution < -0.4 is 0 Å². The number of carbonyl (C=O) groups is 1. The highest BCUT2D eigenvalue weighted by molar-refractivity contribution is 9.10. The van der Waals surface area contributed by atoms with E-state index in [1.165, 1.54) is 6.42 Å². The van der Waals surface area contributed by atoms with Crippen LogP contribution in [0.15, 0.2) is 16.6 Å². The Labute approximate surface area is 131 Å². The summed E-state index contributed by atoms with van der Waals surface area (Å²) in [5.74, 6) is -2.15. The zero-order valence-corrected chi connectivity index (χ0v) is 13.2. The third kappa shape index (κ3) is 2.97. The van der Waals surface area contributed by atoms with Gasteiger partial charge < -0.3 is 4.90 Å². The Bertz CT molecular complexity index is 544. The van der Waals surface area contributed by atoms with Crippen molar-refractivity contribution < 1.29 is 13.6 Å². The highest BCUT2D eigenvalue weighted by Gasteiger charge is 2.33. The van der Waals surface area contributed by atoms with Crippen molar-refractivity contribution in [3.8, 4) is 0 Å². The summed E-state index contributed by atoms with van der Waals surface area (Å²) < 4.78 is 28.1. The lowest BCUT2D eigenvalue weighted by atomic mass is 9.99. The lowest BCUT2D eigenvalue weighted by Crippen LogP contribution is -2.56. The van der Waals surface area contributed by atoms with Gasteiger partial charge in [-0.1, -0.05) is 22.4 Å². The van der Waals surface area contributed by atoms with Crippen molar-refractivity contribution >= 4 is 21.8 Å². The highest BCUT2D eigenvalue weighted by atomic mass is 79.9. The van der Waals surface area contributed by atoms with E-state index in [-0.39, 0.29) is 0 Å². The number of halogens is 3. The Morgan fingerprint density at radius 2 is 1.86 bits per heavy atom. The molecule has 0 aromatic heterocycles. The summed E-state index contributed by atoms with van der Waals surface area (Å²) in [5, 5.41) is 0. The van der Waals surface area contributed by atoms with Crippen molar-refractivity contribution in [2.75, 3.05) is 26.2 Å². The maximum atomic E-state index is 13.9. The average Bonchev–Trinajstić information content (AvgIpc) is 2.45. The topological polar surface area (TPSA) is 23.6 Å². The molecule has 2 fully saturated rings. The molecule has 2 aliphatic rings. The molecular weight excluding hydrogens is 342 g/mol. The normalized spacial score (nSPS) is 23.0. The van der Waals surface area contributed by atoms with Crippen LogP contribution in [0.1, 0.15) is 29.6 Å². The minimum absolute atomic E-state index is 0.297. The van der Waals surface area contributed by atoms with Crippen molar-refractivity contribution in [1.82, 2.24) is 9.80 Å². The third-order valence-corrected chi connectivity index (χ3v) is 4.80. The molecule has 1 aromatic rings. The first-order chi connectivity index (χ1) is 10.1. The third-order valence-electron chi connectivity index (χ3n) is 4.35. The predicted molar refractivity (Wildman–Crippen MR) is 79.2 cm³/mol. The first-order valence-electron chi connectivity index (χ1n) is 7.24. The van der Waals surface area contributed by atoms with Crippen molar-refractivity contribution in [2.24, 2.45) is 0 Å². The maximum absolute atomic E-state index is 13.9. The number of nitrogens with zero attached hydrogens (tertiary/aromatic N) is 2. The van der Waals surface area contributed by atoms with Crippen LogP contribution in [-0.4, -0.2) is 47.9 Å². The van der Waals surface area contributed by atoms with E-state index in [9.17, 15) is 13.6 Å². The number of carbonyl (C=O) groups excluding carboxylic acids is 1. The number of amides is 1. The fourth-order valence-electron chi connectivity index (χ4n) is 3.25. The number of rotatable bonds is 1. The maximum Gasteiger partial charge on any atom is 0.259 e. The van der Waals surface area contributed by atoms with E-state index in [0.717, 1.165) is 38.1 Å². The van der Waals surface area contributed by atoms with Gasteiger partial charge in [0, 0.05) is 30.1 Å². The summed E-state index contributed by atoms with van der Waals surface area (Å²) in [6, 6.07) is 2.60. The van der Waals surface area contributed by atoms with Gasteiger partial charge in [0.15, 0.2) is 0 Å². The molecule has 114 valence electrons. The Hall–Kier alpha value is -1.01. The van der Waals surface area contributed by atoms with Crippen LogP contribution in [0.3, 0.4) is 0 Å². The van der Waals surface area contributed by atoms with Gasteiger partial charge in [-0.05, 0) is 31.5 Å². The largest absolute Gasteiger partial charge is 0.336 e. The molecule has 0 aliphatic carbocycles. The molecule has 0 bridgehead atoms. The van der Waals surface area contributed by atoms with Crippen LogP contribution in [0.25, 0.3) is 0 Å². The SMILES string of the molecule is O=C(c1c(F)cc(Br)cc1F)N1CCN2CCCCC2C1. The highest BCUT2D eigenvalue weighted by Crippen LogP contribution is 2.25. The average molecular weight is 359 g/mol. The minimum atomic E-state index is -0.807. The van der Waals surface area contributed by atoms with E-state index in [2.05, 4.69) is 20.8 Å². The van der Waals surface area contributed by atoms with E-state index in [0.29, 0.717) is 23.6 Å². The van der Waals surface area contributed by atoms with Gasteiger partial charge in [-0.2, -0.15) is 0 Å². The number of hydrogen-bond donors (Lipinski definition) is 0. The summed E-state index contributed by atoms with van der Waals surface area (Å²) >= 11 is 3.03. The molecular formula is C15H17BrF2N2O. The Balaban J connectivity index is 1.80. The first-order valence-corrected chi connectivity index (χ1v) is 8.03. The molecule has 1 atom stereocenters. The molecule has 3 nitrogen and oxygen atoms in total. The van der Waals surface area contributed by atoms with E-state index in [4.69, 9.17) is 0 Å². The first kappa shape index (κ1) is 14.9. The molecule has 0 saturated carbocycles. The zero-order chi connectivity index (χ0) is 15.0. The van der Waals surface area contributed by atoms with Gasteiger partial charge in [0.05, 0.1) is 0 Å².